The molecule has 1 aromatic carbocycles. The van der Waals surface area contributed by atoms with Gasteiger partial charge >= 0.3 is 0 Å². The van der Waals surface area contributed by atoms with Gasteiger partial charge in [0, 0.05) is 6.42 Å². The van der Waals surface area contributed by atoms with Crippen molar-refractivity contribution < 1.29 is 4.79 Å². The third-order valence-electron chi connectivity index (χ3n) is 2.65. The molecule has 0 saturated carbocycles. The van der Waals surface area contributed by atoms with Crippen molar-refractivity contribution in [2.45, 2.75) is 46.5 Å². The van der Waals surface area contributed by atoms with Crippen LogP contribution in [0.5, 0.6) is 0 Å². The first-order valence-electron chi connectivity index (χ1n) is 5.40. The molecule has 0 unspecified atom stereocenters. The van der Waals surface area contributed by atoms with Crippen LogP contribution >= 0.6 is 0 Å². The first-order chi connectivity index (χ1) is 6.80. The average molecular weight is 204 g/mol. The summed E-state index contributed by atoms with van der Waals surface area (Å²) in [4.78, 5) is 11.1. The van der Waals surface area contributed by atoms with Crippen molar-refractivity contribution in [1.29, 1.82) is 0 Å². The Bertz CT molecular complexity index is 369. The van der Waals surface area contributed by atoms with Gasteiger partial charge in [0.25, 0.3) is 0 Å². The van der Waals surface area contributed by atoms with Crippen molar-refractivity contribution in [2.24, 2.45) is 0 Å². The minimum Gasteiger partial charge on any atom is -0.300 e. The molecule has 0 heterocycles. The largest absolute Gasteiger partial charge is 0.300 e. The van der Waals surface area contributed by atoms with Gasteiger partial charge in [0.05, 0.1) is 0 Å². The lowest BCUT2D eigenvalue weighted by Crippen LogP contribution is -2.12. The lowest BCUT2D eigenvalue weighted by atomic mass is 9.85. The molecule has 0 atom stereocenters. The molecular formula is C14H20O. The van der Waals surface area contributed by atoms with E-state index in [9.17, 15) is 4.79 Å². The van der Waals surface area contributed by atoms with Crippen molar-refractivity contribution in [3.05, 3.63) is 34.9 Å². The summed E-state index contributed by atoms with van der Waals surface area (Å²) in [5.41, 5.74) is 3.82. The molecule has 0 radical (unpaired) electrons. The highest BCUT2D eigenvalue weighted by atomic mass is 16.1. The Balaban J connectivity index is 3.11. The van der Waals surface area contributed by atoms with Gasteiger partial charge in [0.15, 0.2) is 0 Å². The fraction of sp³-hybridized carbons (Fsp3) is 0.500. The third-order valence-corrected chi connectivity index (χ3v) is 2.65. The summed E-state index contributed by atoms with van der Waals surface area (Å²) < 4.78 is 0. The molecule has 82 valence electrons. The Kier molecular flexibility index (Phi) is 3.33. The summed E-state index contributed by atoms with van der Waals surface area (Å²) in [6.07, 6.45) is 0.551. The quantitative estimate of drug-likeness (QED) is 0.721. The lowest BCUT2D eigenvalue weighted by Gasteiger charge is -2.20. The summed E-state index contributed by atoms with van der Waals surface area (Å²) in [7, 11) is 0. The average Bonchev–Trinajstić information content (AvgIpc) is 2.06. The van der Waals surface area contributed by atoms with Crippen LogP contribution in [0.25, 0.3) is 0 Å². The summed E-state index contributed by atoms with van der Waals surface area (Å²) in [6, 6.07) is 6.43. The number of ketones is 1. The maximum atomic E-state index is 11.1. The van der Waals surface area contributed by atoms with Crippen LogP contribution in [0.2, 0.25) is 0 Å². The van der Waals surface area contributed by atoms with Crippen LogP contribution in [0.3, 0.4) is 0 Å². The molecule has 0 N–H and O–H groups in total. The molecule has 0 saturated heterocycles. The van der Waals surface area contributed by atoms with E-state index in [4.69, 9.17) is 0 Å². The normalized spacial score (nSPS) is 11.5. The predicted molar refractivity (Wildman–Crippen MR) is 64.3 cm³/mol. The Labute approximate surface area is 92.5 Å². The van der Waals surface area contributed by atoms with E-state index >= 15 is 0 Å². The van der Waals surface area contributed by atoms with Crippen LogP contribution in [0.15, 0.2) is 18.2 Å². The first kappa shape index (κ1) is 12.0. The van der Waals surface area contributed by atoms with Gasteiger partial charge in [0.2, 0.25) is 0 Å². The van der Waals surface area contributed by atoms with Gasteiger partial charge in [-0.3, -0.25) is 4.79 Å². The maximum absolute atomic E-state index is 11.1. The molecule has 0 aliphatic carbocycles. The molecule has 15 heavy (non-hydrogen) atoms. The van der Waals surface area contributed by atoms with E-state index in [-0.39, 0.29) is 11.2 Å². The number of aryl methyl sites for hydroxylation is 1. The Morgan fingerprint density at radius 1 is 1.27 bits per heavy atom. The van der Waals surface area contributed by atoms with E-state index in [1.165, 1.54) is 11.1 Å². The second-order valence-corrected chi connectivity index (χ2v) is 5.27. The molecule has 0 aliphatic rings. The zero-order chi connectivity index (χ0) is 11.6. The maximum Gasteiger partial charge on any atom is 0.134 e. The molecule has 1 heteroatoms. The van der Waals surface area contributed by atoms with E-state index in [1.807, 2.05) is 0 Å². The zero-order valence-corrected chi connectivity index (χ0v) is 10.3. The number of benzene rings is 1. The van der Waals surface area contributed by atoms with Gasteiger partial charge in [-0.1, -0.05) is 39.0 Å². The Hall–Kier alpha value is -1.11. The van der Waals surface area contributed by atoms with E-state index in [0.29, 0.717) is 6.42 Å². The molecule has 1 nitrogen and oxygen atoms in total. The molecule has 0 spiro atoms. The molecule has 1 rings (SSSR count). The molecule has 0 aromatic heterocycles. The molecule has 0 amide bonds. The van der Waals surface area contributed by atoms with Crippen LogP contribution in [0.4, 0.5) is 0 Å². The van der Waals surface area contributed by atoms with Crippen molar-refractivity contribution in [2.75, 3.05) is 0 Å². The molecule has 1 aromatic rings. The number of Topliss-reactive ketones (excluding diaryl/α,β-unsaturated/α-hetero) is 1. The number of carbonyl (C=O) groups excluding carboxylic acids is 1. The van der Waals surface area contributed by atoms with E-state index in [2.05, 4.69) is 45.9 Å². The highest BCUT2D eigenvalue weighted by Crippen LogP contribution is 2.24. The van der Waals surface area contributed by atoms with Gasteiger partial charge in [-0.2, -0.15) is 0 Å². The minimum absolute atomic E-state index is 0.152. The van der Waals surface area contributed by atoms with Crippen molar-refractivity contribution in [3.8, 4) is 0 Å². The van der Waals surface area contributed by atoms with Gasteiger partial charge in [0.1, 0.15) is 5.78 Å². The first-order valence-corrected chi connectivity index (χ1v) is 5.40. The lowest BCUT2D eigenvalue weighted by molar-refractivity contribution is -0.116. The second-order valence-electron chi connectivity index (χ2n) is 5.27. The minimum atomic E-state index is 0.152. The number of hydrogen-bond donors (Lipinski definition) is 0. The fourth-order valence-corrected chi connectivity index (χ4v) is 1.60. The van der Waals surface area contributed by atoms with Crippen molar-refractivity contribution in [1.82, 2.24) is 0 Å². The Morgan fingerprint density at radius 3 is 2.33 bits per heavy atom. The molecule has 0 aliphatic heterocycles. The van der Waals surface area contributed by atoms with Crippen LogP contribution in [0, 0.1) is 6.92 Å². The monoisotopic (exact) mass is 204 g/mol. The van der Waals surface area contributed by atoms with Gasteiger partial charge in [-0.15, -0.1) is 0 Å². The number of rotatable bonds is 2. The summed E-state index contributed by atoms with van der Waals surface area (Å²) in [5, 5.41) is 0. The van der Waals surface area contributed by atoms with E-state index in [0.717, 1.165) is 5.56 Å². The summed E-state index contributed by atoms with van der Waals surface area (Å²) >= 11 is 0. The van der Waals surface area contributed by atoms with Gasteiger partial charge in [-0.25, -0.2) is 0 Å². The van der Waals surface area contributed by atoms with Crippen LogP contribution < -0.4 is 0 Å². The van der Waals surface area contributed by atoms with Crippen molar-refractivity contribution in [3.63, 3.8) is 0 Å². The SMILES string of the molecule is CC(=O)Cc1cc(C(C)(C)C)ccc1C. The second kappa shape index (κ2) is 4.18. The summed E-state index contributed by atoms with van der Waals surface area (Å²) in [6.45, 7) is 10.3. The zero-order valence-electron chi connectivity index (χ0n) is 10.3. The number of hydrogen-bond acceptors (Lipinski definition) is 1. The van der Waals surface area contributed by atoms with Crippen LogP contribution in [0.1, 0.15) is 44.4 Å². The van der Waals surface area contributed by atoms with Crippen LogP contribution in [-0.4, -0.2) is 5.78 Å². The molecular weight excluding hydrogens is 184 g/mol. The molecule has 0 fully saturated rings. The Morgan fingerprint density at radius 2 is 1.87 bits per heavy atom. The fourth-order valence-electron chi connectivity index (χ4n) is 1.60. The van der Waals surface area contributed by atoms with Gasteiger partial charge in [-0.05, 0) is 36.0 Å². The number of carbonyl (C=O) groups is 1. The third kappa shape index (κ3) is 3.19. The topological polar surface area (TPSA) is 17.1 Å². The summed E-state index contributed by atoms with van der Waals surface area (Å²) in [5.74, 6) is 0.226. The van der Waals surface area contributed by atoms with Crippen LogP contribution in [-0.2, 0) is 16.6 Å². The highest BCUT2D eigenvalue weighted by molar-refractivity contribution is 5.78. The smallest absolute Gasteiger partial charge is 0.134 e. The standard InChI is InChI=1S/C14H20O/c1-10-6-7-13(14(3,4)5)9-12(10)8-11(2)15/h6-7,9H,8H2,1-5H3. The molecule has 0 bridgehead atoms. The predicted octanol–water partition coefficient (Wildman–Crippen LogP) is 3.42. The van der Waals surface area contributed by atoms with E-state index in [1.54, 1.807) is 6.92 Å². The van der Waals surface area contributed by atoms with Gasteiger partial charge < -0.3 is 0 Å². The van der Waals surface area contributed by atoms with Crippen molar-refractivity contribution >= 4 is 5.78 Å². The highest BCUT2D eigenvalue weighted by Gasteiger charge is 2.14. The van der Waals surface area contributed by atoms with E-state index < -0.39 is 0 Å².